The molecule has 0 atom stereocenters. The van der Waals surface area contributed by atoms with E-state index < -0.39 is 11.3 Å². The number of nitrogens with one attached hydrogen (secondary N) is 2. The SMILES string of the molecule is O=C1N2Cc3cc4c5cc3CN3C(=O)N6Cc7cc8c(cc7CN1C6(c1ccccc1)C23c1ccccc1)OCCOc1cccc(O)c1-c1c2nc(c(c3ccc([nH]3)c(c3nc(c(c6ccc1[nH]6)-c1c(O)cccc1OCCO5)C=C3)-c1c(O)cccc1OCCO4)-c1c(O)cccc1OCCO8)C=C2. The third-order valence-corrected chi connectivity index (χ3v) is 21.3. The van der Waals surface area contributed by atoms with Gasteiger partial charge in [-0.25, -0.2) is 19.6 Å². The summed E-state index contributed by atoms with van der Waals surface area (Å²) < 4.78 is 54.8. The molecule has 8 aliphatic rings. The molecular formula is C84H64N8O14. The largest absolute Gasteiger partial charge is 0.507 e. The number of ether oxygens (including phenoxy) is 8. The van der Waals surface area contributed by atoms with Crippen LogP contribution in [0.3, 0.4) is 0 Å². The van der Waals surface area contributed by atoms with E-state index in [0.717, 1.165) is 0 Å². The van der Waals surface area contributed by atoms with Gasteiger partial charge < -0.3 is 68.3 Å². The van der Waals surface area contributed by atoms with Crippen LogP contribution in [0.15, 0.2) is 182 Å². The Morgan fingerprint density at radius 2 is 0.538 bits per heavy atom. The topological polar surface area (TPSA) is 259 Å². The molecule has 2 fully saturated rings. The molecule has 0 aliphatic carbocycles. The number of aromatic nitrogens is 4. The molecule has 4 amide bonds. The number of nitrogens with zero attached hydrogens (tertiary/aromatic N) is 6. The van der Waals surface area contributed by atoms with Crippen molar-refractivity contribution in [1.29, 1.82) is 0 Å². The summed E-state index contributed by atoms with van der Waals surface area (Å²) in [5, 5.41) is 50.2. The van der Waals surface area contributed by atoms with E-state index in [1.165, 1.54) is 0 Å². The van der Waals surface area contributed by atoms with Crippen molar-refractivity contribution >= 4 is 58.4 Å². The molecule has 0 unspecified atom stereocenters. The second-order valence-electron chi connectivity index (χ2n) is 27.0. The Labute approximate surface area is 605 Å². The zero-order valence-electron chi connectivity index (χ0n) is 56.7. The lowest BCUT2D eigenvalue weighted by atomic mass is 9.79. The van der Waals surface area contributed by atoms with E-state index in [-0.39, 0.29) is 159 Å². The molecule has 12 bridgehead atoms. The summed E-state index contributed by atoms with van der Waals surface area (Å²) in [6.07, 6.45) is 7.30. The lowest BCUT2D eigenvalue weighted by Crippen LogP contribution is -2.62. The highest BCUT2D eigenvalue weighted by atomic mass is 16.6. The molecule has 0 radical (unpaired) electrons. The third-order valence-electron chi connectivity index (χ3n) is 21.3. The summed E-state index contributed by atoms with van der Waals surface area (Å²) in [5.41, 5.74) is 6.98. The van der Waals surface area contributed by atoms with E-state index in [1.807, 2.05) is 153 Å². The zero-order chi connectivity index (χ0) is 71.1. The van der Waals surface area contributed by atoms with Crippen molar-refractivity contribution in [3.05, 3.63) is 238 Å². The van der Waals surface area contributed by atoms with Gasteiger partial charge in [0.2, 0.25) is 0 Å². The van der Waals surface area contributed by atoms with Gasteiger partial charge in [0, 0.05) is 55.4 Å². The summed E-state index contributed by atoms with van der Waals surface area (Å²) in [6.45, 7) is -0.456. The van der Waals surface area contributed by atoms with E-state index in [9.17, 15) is 20.4 Å². The fraction of sp³-hybridized carbons (Fsp3) is 0.167. The maximum atomic E-state index is 16.7. The first-order valence-electron chi connectivity index (χ1n) is 35.1. The van der Waals surface area contributed by atoms with Gasteiger partial charge in [0.25, 0.3) is 0 Å². The predicted octanol–water partition coefficient (Wildman–Crippen LogP) is 14.8. The normalized spacial score (nSPS) is 18.6. The number of urea groups is 2. The highest BCUT2D eigenvalue weighted by Gasteiger charge is 2.80. The van der Waals surface area contributed by atoms with E-state index in [1.54, 1.807) is 72.8 Å². The number of hydrogen-bond donors (Lipinski definition) is 6. The maximum absolute atomic E-state index is 16.7. The standard InChI is InChI=1S/C84H64N8O14/c93-61-15-7-19-65-77(61)73-53-23-24-54(85-53)74-58-28-30-60(88-58)76-56-26-25-55(86-56)75(59-29-27-57(73)87-59)79-63(95)17-9-21-67(79)101-33-37-105-71-42-50-46-92-82(98)90-44-48-40-70(104-36-32-100-66-20-8-16-62(94)78(66)74)69(103-35-31-99-65)39-47(48)43-89-81(97)91(45-49(50)41-72(71)106-38-34-102-68-22-10-18-64(96)80(68)76)84(92,52-13-5-2-6-14-52)83(89,90)51-11-3-1-4-12-51/h1-30,39-42,87-88,93-96H,31-38,43-46H2. The quantitative estimate of drug-likeness (QED) is 0.0940. The van der Waals surface area contributed by atoms with Crippen LogP contribution in [0.5, 0.6) is 69.0 Å². The number of carbonyl (C=O) groups excluding carboxylic acids is 2. The number of H-pyrrole nitrogens is 2. The van der Waals surface area contributed by atoms with Gasteiger partial charge in [0.05, 0.1) is 71.2 Å². The second kappa shape index (κ2) is 24.1. The maximum Gasteiger partial charge on any atom is 0.325 e. The van der Waals surface area contributed by atoms with Gasteiger partial charge in [0.1, 0.15) is 98.9 Å². The van der Waals surface area contributed by atoms with Gasteiger partial charge in [0.15, 0.2) is 34.3 Å². The number of amides is 4. The van der Waals surface area contributed by atoms with Gasteiger partial charge in [-0.1, -0.05) is 84.9 Å². The Morgan fingerprint density at radius 3 is 0.792 bits per heavy atom. The van der Waals surface area contributed by atoms with Crippen molar-refractivity contribution in [1.82, 2.24) is 39.5 Å². The molecule has 106 heavy (non-hydrogen) atoms. The summed E-state index contributed by atoms with van der Waals surface area (Å²) in [4.78, 5) is 59.2. The van der Waals surface area contributed by atoms with Crippen LogP contribution in [0.2, 0.25) is 0 Å². The Bertz CT molecular complexity index is 5170. The zero-order valence-corrected chi connectivity index (χ0v) is 56.7. The Hall–Kier alpha value is -13.5. The van der Waals surface area contributed by atoms with Crippen molar-refractivity contribution < 1.29 is 67.9 Å². The summed E-state index contributed by atoms with van der Waals surface area (Å²) in [6, 6.07) is 53.9. The van der Waals surface area contributed by atoms with Crippen LogP contribution in [-0.2, 0) is 37.5 Å². The van der Waals surface area contributed by atoms with Crippen molar-refractivity contribution in [2.24, 2.45) is 0 Å². The number of phenolic OH excluding ortho intramolecular Hbond substituents is 4. The molecule has 6 N–H and O–H groups in total. The van der Waals surface area contributed by atoms with Gasteiger partial charge in [-0.3, -0.25) is 19.6 Å². The van der Waals surface area contributed by atoms with E-state index in [2.05, 4.69) is 9.97 Å². The summed E-state index contributed by atoms with van der Waals surface area (Å²) in [5.74, 6) is 1.69. The van der Waals surface area contributed by atoms with Crippen molar-refractivity contribution in [2.75, 3.05) is 52.9 Å². The average Bonchev–Trinajstić information content (AvgIpc) is 1.47. The van der Waals surface area contributed by atoms with Gasteiger partial charge in [-0.2, -0.15) is 0 Å². The van der Waals surface area contributed by atoms with Crippen molar-refractivity contribution in [2.45, 2.75) is 37.5 Å². The monoisotopic (exact) mass is 1410 g/mol. The third kappa shape index (κ3) is 9.28. The Morgan fingerprint density at radius 1 is 0.292 bits per heavy atom. The van der Waals surface area contributed by atoms with Crippen molar-refractivity contribution in [3.8, 4) is 114 Å². The number of phenols is 4. The number of hydrogen-bond acceptors (Lipinski definition) is 16. The minimum absolute atomic E-state index is 0.00995. The highest BCUT2D eigenvalue weighted by molar-refractivity contribution is 6.04. The molecule has 11 aromatic rings. The Kier molecular flexibility index (Phi) is 14.1. The van der Waals surface area contributed by atoms with E-state index in [0.29, 0.717) is 123 Å². The molecule has 22 nitrogen and oxygen atoms in total. The fourth-order valence-electron chi connectivity index (χ4n) is 17.0. The van der Waals surface area contributed by atoms with E-state index in [4.69, 9.17) is 47.9 Å². The first-order valence-corrected chi connectivity index (χ1v) is 35.1. The predicted molar refractivity (Wildman–Crippen MR) is 393 cm³/mol. The molecule has 22 heteroatoms. The molecular weight excluding hydrogens is 1340 g/mol. The van der Waals surface area contributed by atoms with Crippen molar-refractivity contribution in [3.63, 3.8) is 0 Å². The average molecular weight is 1410 g/mol. The number of aromatic hydroxyl groups is 4. The first kappa shape index (κ1) is 62.3. The lowest BCUT2D eigenvalue weighted by molar-refractivity contribution is -0.0793. The van der Waals surface area contributed by atoms with Gasteiger partial charge in [-0.05, 0) is 144 Å². The molecule has 524 valence electrons. The Balaban J connectivity index is 0.904. The van der Waals surface area contributed by atoms with Crippen LogP contribution < -0.4 is 37.9 Å². The van der Waals surface area contributed by atoms with Crippen LogP contribution in [0.1, 0.15) is 56.2 Å². The van der Waals surface area contributed by atoms with Crippen LogP contribution >= 0.6 is 0 Å². The summed E-state index contributed by atoms with van der Waals surface area (Å²) in [7, 11) is 0. The summed E-state index contributed by atoms with van der Waals surface area (Å²) >= 11 is 0. The lowest BCUT2D eigenvalue weighted by Gasteiger charge is -2.49. The molecule has 2 saturated heterocycles. The minimum atomic E-state index is -1.55. The van der Waals surface area contributed by atoms with Gasteiger partial charge >= 0.3 is 12.1 Å². The molecule has 11 heterocycles. The van der Waals surface area contributed by atoms with Crippen LogP contribution in [-0.4, -0.2) is 125 Å². The first-order chi connectivity index (χ1) is 52.0. The molecule has 0 saturated carbocycles. The van der Waals surface area contributed by atoms with Crippen LogP contribution in [0.4, 0.5) is 9.59 Å². The molecule has 19 rings (SSSR count). The number of fused-ring (bicyclic) bond motifs is 20. The molecule has 0 spiro atoms. The molecule has 8 aromatic carbocycles. The van der Waals surface area contributed by atoms with Crippen LogP contribution in [0, 0.1) is 0 Å². The highest BCUT2D eigenvalue weighted by Crippen LogP contribution is 2.66. The number of benzene rings is 8. The second-order valence-corrected chi connectivity index (χ2v) is 27.0. The fourth-order valence-corrected chi connectivity index (χ4v) is 17.0. The number of carbonyl (C=O) groups is 2. The number of rotatable bonds is 2. The minimum Gasteiger partial charge on any atom is -0.507 e. The van der Waals surface area contributed by atoms with Gasteiger partial charge in [-0.15, -0.1) is 0 Å². The number of aromatic amines is 2. The van der Waals surface area contributed by atoms with Crippen LogP contribution in [0.25, 0.3) is 90.9 Å². The van der Waals surface area contributed by atoms with E-state index >= 15 is 9.59 Å². The molecule has 8 aliphatic heterocycles. The molecule has 3 aromatic heterocycles. The smallest absolute Gasteiger partial charge is 0.325 e.